The highest BCUT2D eigenvalue weighted by Gasteiger charge is 2.45. The SMILES string of the molecule is COCC1(OP(=O)(OCc2ccccc2)OCc2ccccc2)CCN(c2c(F)cc(N3CC(CNC(C)=O)OC3=O)cc2F)CC1. The van der Waals surface area contributed by atoms with Crippen molar-refractivity contribution in [2.75, 3.05) is 49.7 Å². The number of methoxy groups -OCH3 is 1. The van der Waals surface area contributed by atoms with E-state index in [4.69, 9.17) is 23.0 Å². The van der Waals surface area contributed by atoms with Crippen molar-refractivity contribution in [2.24, 2.45) is 0 Å². The quantitative estimate of drug-likeness (QED) is 0.207. The lowest BCUT2D eigenvalue weighted by molar-refractivity contribution is -0.119. The average Bonchev–Trinajstić information content (AvgIpc) is 3.44. The Balaban J connectivity index is 1.29. The molecule has 11 nitrogen and oxygen atoms in total. The van der Waals surface area contributed by atoms with Gasteiger partial charge in [-0.05, 0) is 24.0 Å². The molecule has 2 fully saturated rings. The molecule has 1 N–H and O–H groups in total. The van der Waals surface area contributed by atoms with Crippen LogP contribution in [0.1, 0.15) is 30.9 Å². The van der Waals surface area contributed by atoms with Gasteiger partial charge >= 0.3 is 13.9 Å². The standard InChI is InChI=1S/C33H38F2N3O8P/c1-24(39)36-19-28-20-38(32(40)45-28)27-17-29(34)31(30(35)18-27)37-15-13-33(14-16-37,23-42-2)46-47(41,43-21-25-9-5-3-6-10-25)44-22-26-11-7-4-8-12-26/h3-12,17-18,28H,13-16,19-23H2,1-2H3,(H,36,39). The number of hydrogen-bond donors (Lipinski definition) is 1. The summed E-state index contributed by atoms with van der Waals surface area (Å²) in [6, 6.07) is 20.5. The van der Waals surface area contributed by atoms with Crippen LogP contribution in [0.5, 0.6) is 0 Å². The first-order valence-corrected chi connectivity index (χ1v) is 16.7. The van der Waals surface area contributed by atoms with Crippen LogP contribution < -0.4 is 15.1 Å². The number of nitrogens with one attached hydrogen (secondary N) is 1. The Kier molecular flexibility index (Phi) is 11.3. The van der Waals surface area contributed by atoms with Crippen molar-refractivity contribution in [3.05, 3.63) is 95.6 Å². The van der Waals surface area contributed by atoms with Crippen molar-refractivity contribution in [3.63, 3.8) is 0 Å². The summed E-state index contributed by atoms with van der Waals surface area (Å²) >= 11 is 0. The Morgan fingerprint density at radius 1 is 0.979 bits per heavy atom. The fraction of sp³-hybridized carbons (Fsp3) is 0.394. The lowest BCUT2D eigenvalue weighted by atomic mass is 9.92. The van der Waals surface area contributed by atoms with Crippen LogP contribution in [0.15, 0.2) is 72.8 Å². The summed E-state index contributed by atoms with van der Waals surface area (Å²) in [4.78, 5) is 26.3. The van der Waals surface area contributed by atoms with Crippen molar-refractivity contribution >= 4 is 31.2 Å². The third-order valence-electron chi connectivity index (χ3n) is 7.93. The van der Waals surface area contributed by atoms with Gasteiger partial charge in [-0.25, -0.2) is 18.1 Å². The van der Waals surface area contributed by atoms with E-state index < -0.39 is 37.3 Å². The summed E-state index contributed by atoms with van der Waals surface area (Å²) in [5, 5.41) is 2.56. The predicted octanol–water partition coefficient (Wildman–Crippen LogP) is 5.97. The number of anilines is 2. The first-order chi connectivity index (χ1) is 22.6. The monoisotopic (exact) mass is 673 g/mol. The molecule has 0 bridgehead atoms. The van der Waals surface area contributed by atoms with Crippen LogP contribution in [-0.2, 0) is 45.6 Å². The zero-order valence-corrected chi connectivity index (χ0v) is 27.1. The maximum atomic E-state index is 15.5. The maximum absolute atomic E-state index is 15.5. The molecule has 0 radical (unpaired) electrons. The molecule has 2 aliphatic rings. The van der Waals surface area contributed by atoms with Crippen LogP contribution in [0.25, 0.3) is 0 Å². The van der Waals surface area contributed by atoms with Gasteiger partial charge in [0.2, 0.25) is 5.91 Å². The molecule has 0 aliphatic carbocycles. The summed E-state index contributed by atoms with van der Waals surface area (Å²) < 4.78 is 73.7. The minimum absolute atomic E-state index is 0.000200. The highest BCUT2D eigenvalue weighted by Crippen LogP contribution is 2.56. The number of hydrogen-bond acceptors (Lipinski definition) is 9. The maximum Gasteiger partial charge on any atom is 0.476 e. The Labute approximate surface area is 272 Å². The van der Waals surface area contributed by atoms with E-state index in [-0.39, 0.29) is 76.1 Å². The van der Waals surface area contributed by atoms with Gasteiger partial charge in [-0.15, -0.1) is 0 Å². The van der Waals surface area contributed by atoms with Crippen LogP contribution in [-0.4, -0.2) is 63.6 Å². The Morgan fingerprint density at radius 2 is 1.53 bits per heavy atom. The largest absolute Gasteiger partial charge is 0.476 e. The summed E-state index contributed by atoms with van der Waals surface area (Å²) in [6.07, 6.45) is -1.03. The van der Waals surface area contributed by atoms with E-state index in [1.165, 1.54) is 18.9 Å². The summed E-state index contributed by atoms with van der Waals surface area (Å²) in [5.41, 5.74) is 0.153. The molecule has 2 saturated heterocycles. The number of carbonyl (C=O) groups excluding carboxylic acids is 2. The summed E-state index contributed by atoms with van der Waals surface area (Å²) in [5.74, 6) is -2.01. The molecular weight excluding hydrogens is 635 g/mol. The molecule has 2 amide bonds. The second kappa shape index (κ2) is 15.4. The van der Waals surface area contributed by atoms with E-state index in [0.717, 1.165) is 28.2 Å². The number of benzene rings is 3. The molecule has 1 atom stereocenters. The molecule has 0 saturated carbocycles. The van der Waals surface area contributed by atoms with Crippen LogP contribution >= 0.6 is 7.82 Å². The Bertz CT molecular complexity index is 1500. The van der Waals surface area contributed by atoms with Crippen molar-refractivity contribution in [3.8, 4) is 0 Å². The molecule has 252 valence electrons. The molecule has 0 spiro atoms. The van der Waals surface area contributed by atoms with Crippen LogP contribution in [0.2, 0.25) is 0 Å². The number of piperidine rings is 1. The molecule has 2 aliphatic heterocycles. The predicted molar refractivity (Wildman–Crippen MR) is 170 cm³/mol. The number of rotatable bonds is 14. The van der Waals surface area contributed by atoms with E-state index in [2.05, 4.69) is 5.32 Å². The molecule has 47 heavy (non-hydrogen) atoms. The number of carbonyl (C=O) groups is 2. The van der Waals surface area contributed by atoms with Crippen molar-refractivity contribution in [2.45, 2.75) is 44.7 Å². The second-order valence-electron chi connectivity index (χ2n) is 11.5. The molecule has 3 aromatic rings. The molecule has 2 heterocycles. The van der Waals surface area contributed by atoms with Gasteiger partial charge in [-0.1, -0.05) is 60.7 Å². The first kappa shape index (κ1) is 34.5. The lowest BCUT2D eigenvalue weighted by Crippen LogP contribution is -2.49. The second-order valence-corrected chi connectivity index (χ2v) is 13.1. The van der Waals surface area contributed by atoms with E-state index in [9.17, 15) is 14.2 Å². The number of amides is 2. The molecule has 5 rings (SSSR count). The van der Waals surface area contributed by atoms with E-state index in [0.29, 0.717) is 0 Å². The molecular formula is C33H38F2N3O8P. The van der Waals surface area contributed by atoms with Gasteiger partial charge in [0, 0.05) is 39.3 Å². The lowest BCUT2D eigenvalue weighted by Gasteiger charge is -2.42. The Hall–Kier alpha value is -3.87. The zero-order chi connectivity index (χ0) is 33.4. The highest BCUT2D eigenvalue weighted by atomic mass is 31.2. The van der Waals surface area contributed by atoms with Crippen molar-refractivity contribution < 1.29 is 46.0 Å². The number of phosphoric acid groups is 1. The molecule has 14 heteroatoms. The van der Waals surface area contributed by atoms with Crippen LogP contribution in [0.3, 0.4) is 0 Å². The topological polar surface area (TPSA) is 116 Å². The Morgan fingerprint density at radius 3 is 2.04 bits per heavy atom. The fourth-order valence-electron chi connectivity index (χ4n) is 5.55. The molecule has 1 unspecified atom stereocenters. The normalized spacial score (nSPS) is 17.9. The van der Waals surface area contributed by atoms with Gasteiger partial charge in [-0.3, -0.25) is 23.3 Å². The molecule has 0 aromatic heterocycles. The number of halogens is 2. The minimum Gasteiger partial charge on any atom is -0.442 e. The summed E-state index contributed by atoms with van der Waals surface area (Å²) in [7, 11) is -2.70. The zero-order valence-electron chi connectivity index (χ0n) is 26.2. The van der Waals surface area contributed by atoms with Gasteiger partial charge in [0.15, 0.2) is 11.6 Å². The number of ether oxygens (including phenoxy) is 2. The van der Waals surface area contributed by atoms with Gasteiger partial charge in [0.05, 0.1) is 38.6 Å². The smallest absolute Gasteiger partial charge is 0.442 e. The third kappa shape index (κ3) is 8.94. The minimum atomic E-state index is -4.18. The van der Waals surface area contributed by atoms with Crippen LogP contribution in [0.4, 0.5) is 25.0 Å². The van der Waals surface area contributed by atoms with E-state index in [1.807, 2.05) is 60.7 Å². The van der Waals surface area contributed by atoms with Gasteiger partial charge in [0.1, 0.15) is 17.4 Å². The van der Waals surface area contributed by atoms with Crippen molar-refractivity contribution in [1.82, 2.24) is 5.32 Å². The number of phosphoric ester groups is 1. The first-order valence-electron chi connectivity index (χ1n) is 15.2. The van der Waals surface area contributed by atoms with Gasteiger partial charge < -0.3 is 19.7 Å². The summed E-state index contributed by atoms with van der Waals surface area (Å²) in [6.45, 7) is 1.71. The molecule has 3 aromatic carbocycles. The van der Waals surface area contributed by atoms with Crippen molar-refractivity contribution in [1.29, 1.82) is 0 Å². The third-order valence-corrected chi connectivity index (χ3v) is 9.44. The van der Waals surface area contributed by atoms with E-state index in [1.54, 1.807) is 0 Å². The van der Waals surface area contributed by atoms with Gasteiger partial charge in [-0.2, -0.15) is 0 Å². The van der Waals surface area contributed by atoms with Crippen LogP contribution in [0, 0.1) is 11.6 Å². The average molecular weight is 674 g/mol. The highest BCUT2D eigenvalue weighted by molar-refractivity contribution is 7.48. The number of nitrogens with zero attached hydrogens (tertiary/aromatic N) is 2. The number of cyclic esters (lactones) is 1. The fourth-order valence-corrected chi connectivity index (χ4v) is 7.06. The van der Waals surface area contributed by atoms with E-state index >= 15 is 8.78 Å². The van der Waals surface area contributed by atoms with Gasteiger partial charge in [0.25, 0.3) is 0 Å².